The van der Waals surface area contributed by atoms with Crippen molar-refractivity contribution >= 4 is 23.8 Å². The molecule has 0 bridgehead atoms. The Morgan fingerprint density at radius 2 is 0.907 bits per heavy atom. The van der Waals surface area contributed by atoms with Crippen LogP contribution in [0.3, 0.4) is 0 Å². The highest BCUT2D eigenvalue weighted by molar-refractivity contribution is 5.94. The third-order valence-corrected chi connectivity index (χ3v) is 5.67. The molecule has 2 rings (SSSR count). The smallest absolute Gasteiger partial charge is 0.315 e. The zero-order valence-corrected chi connectivity index (χ0v) is 26.3. The van der Waals surface area contributed by atoms with Crippen molar-refractivity contribution in [3.63, 3.8) is 0 Å². The highest BCUT2D eigenvalue weighted by Gasteiger charge is 2.25. The molecule has 0 heterocycles. The third-order valence-electron chi connectivity index (χ3n) is 5.67. The molecule has 0 radical (unpaired) electrons. The molecule has 0 aromatic heterocycles. The Morgan fingerprint density at radius 1 is 0.558 bits per heavy atom. The first-order valence-corrected chi connectivity index (χ1v) is 14.6. The van der Waals surface area contributed by atoms with Crippen molar-refractivity contribution in [3.8, 4) is 0 Å². The highest BCUT2D eigenvalue weighted by atomic mass is 16.7. The number of ether oxygens (including phenoxy) is 2. The normalized spacial score (nSPS) is 11.5. The summed E-state index contributed by atoms with van der Waals surface area (Å²) in [4.78, 5) is 62.0. The molecule has 2 amide bonds. The molecule has 10 heteroatoms. The largest absolute Gasteiger partial charge is 0.460 e. The summed E-state index contributed by atoms with van der Waals surface area (Å²) < 4.78 is 10.6. The van der Waals surface area contributed by atoms with Gasteiger partial charge in [-0.05, 0) is 71.9 Å². The molecule has 0 spiro atoms. The lowest BCUT2D eigenvalue weighted by molar-refractivity contribution is -0.195. The number of rotatable bonds is 16. The Hall–Kier alpha value is -3.76. The Bertz CT molecular complexity index is 1070. The maximum Gasteiger partial charge on any atom is 0.315 e. The van der Waals surface area contributed by atoms with Crippen molar-refractivity contribution in [2.75, 3.05) is 13.1 Å². The first-order valence-electron chi connectivity index (χ1n) is 14.6. The molecule has 0 saturated carbocycles. The van der Waals surface area contributed by atoms with E-state index >= 15 is 0 Å². The molecule has 0 unspecified atom stereocenters. The van der Waals surface area contributed by atoms with Crippen LogP contribution in [0, 0.1) is 0 Å². The van der Waals surface area contributed by atoms with Crippen LogP contribution in [0.4, 0.5) is 0 Å². The molecule has 10 nitrogen and oxygen atoms in total. The molecule has 2 aromatic rings. The third kappa shape index (κ3) is 15.9. The second-order valence-corrected chi connectivity index (χ2v) is 12.1. The number of nitrogens with zero attached hydrogens (tertiary/aromatic N) is 2. The fourth-order valence-electron chi connectivity index (χ4n) is 3.84. The number of benzene rings is 2. The Labute approximate surface area is 255 Å². The molecule has 0 fully saturated rings. The molecule has 0 aliphatic rings. The van der Waals surface area contributed by atoms with E-state index in [0.29, 0.717) is 19.3 Å². The second kappa shape index (κ2) is 17.4. The van der Waals surface area contributed by atoms with E-state index in [9.17, 15) is 19.2 Å². The number of hydroxylamine groups is 4. The van der Waals surface area contributed by atoms with E-state index in [1.165, 1.54) is 10.1 Å². The van der Waals surface area contributed by atoms with Gasteiger partial charge >= 0.3 is 11.9 Å². The standard InChI is InChI=1S/C33H46N2O8/c1-32(2,3)42-30(38)22-28(36)34(40-24-26-16-10-7-11-17-26)20-14-9-15-21-35(41-25-27-18-12-8-13-19-27)29(37)23-31(39)43-33(4,5)6/h7-8,10-13,16-19H,9,14-15,20-25H2,1-6H3. The first-order chi connectivity index (χ1) is 20.2. The SMILES string of the molecule is CC(C)(C)OC(=O)CC(=O)N(CCCCCN(OCc1ccccc1)C(=O)CC(=O)OC(C)(C)C)OCc1ccccc1. The topological polar surface area (TPSA) is 112 Å². The van der Waals surface area contributed by atoms with E-state index in [4.69, 9.17) is 19.1 Å². The maximum atomic E-state index is 12.9. The lowest BCUT2D eigenvalue weighted by Crippen LogP contribution is -2.36. The summed E-state index contributed by atoms with van der Waals surface area (Å²) in [6, 6.07) is 18.8. The van der Waals surface area contributed by atoms with Gasteiger partial charge in [0.1, 0.15) is 37.3 Å². The molecule has 236 valence electrons. The van der Waals surface area contributed by atoms with E-state index in [0.717, 1.165) is 11.1 Å². The van der Waals surface area contributed by atoms with E-state index in [2.05, 4.69) is 0 Å². The molecule has 0 saturated heterocycles. The van der Waals surface area contributed by atoms with Gasteiger partial charge in [0.15, 0.2) is 0 Å². The van der Waals surface area contributed by atoms with Crippen LogP contribution in [0.1, 0.15) is 84.8 Å². The van der Waals surface area contributed by atoms with Crippen LogP contribution in [0.2, 0.25) is 0 Å². The zero-order valence-electron chi connectivity index (χ0n) is 26.3. The number of hydrogen-bond donors (Lipinski definition) is 0. The molecule has 0 aliphatic heterocycles. The van der Waals surface area contributed by atoms with Crippen molar-refractivity contribution in [3.05, 3.63) is 71.8 Å². The summed E-state index contributed by atoms with van der Waals surface area (Å²) in [6.07, 6.45) is 0.831. The van der Waals surface area contributed by atoms with Crippen LogP contribution in [-0.4, -0.2) is 58.2 Å². The minimum atomic E-state index is -0.706. The Balaban J connectivity index is 1.95. The summed E-state index contributed by atoms with van der Waals surface area (Å²) in [5.74, 6) is -2.24. The Morgan fingerprint density at radius 3 is 1.23 bits per heavy atom. The van der Waals surface area contributed by atoms with Gasteiger partial charge in [0.25, 0.3) is 11.8 Å². The van der Waals surface area contributed by atoms with Crippen LogP contribution in [0.25, 0.3) is 0 Å². The molecule has 0 atom stereocenters. The van der Waals surface area contributed by atoms with Gasteiger partial charge in [0.05, 0.1) is 0 Å². The van der Waals surface area contributed by atoms with E-state index in [1.807, 2.05) is 60.7 Å². The number of carbonyl (C=O) groups excluding carboxylic acids is 4. The van der Waals surface area contributed by atoms with Gasteiger partial charge in [0, 0.05) is 13.1 Å². The molecule has 43 heavy (non-hydrogen) atoms. The summed E-state index contributed by atoms with van der Waals surface area (Å²) in [5, 5.41) is 2.41. The first kappa shape index (κ1) is 35.4. The van der Waals surface area contributed by atoms with Crippen LogP contribution < -0.4 is 0 Å². The average Bonchev–Trinajstić information content (AvgIpc) is 2.90. The molecule has 0 N–H and O–H groups in total. The minimum Gasteiger partial charge on any atom is -0.460 e. The van der Waals surface area contributed by atoms with Gasteiger partial charge in [-0.25, -0.2) is 10.1 Å². The average molecular weight is 599 g/mol. The summed E-state index contributed by atoms with van der Waals surface area (Å²) >= 11 is 0. The van der Waals surface area contributed by atoms with Crippen LogP contribution in [-0.2, 0) is 51.5 Å². The van der Waals surface area contributed by atoms with Gasteiger partial charge in [-0.3, -0.25) is 28.9 Å². The number of carbonyl (C=O) groups is 4. The van der Waals surface area contributed by atoms with Crippen molar-refractivity contribution < 1.29 is 38.3 Å². The second-order valence-electron chi connectivity index (χ2n) is 12.1. The van der Waals surface area contributed by atoms with Crippen molar-refractivity contribution in [1.29, 1.82) is 0 Å². The molecule has 0 aliphatic carbocycles. The van der Waals surface area contributed by atoms with Crippen molar-refractivity contribution in [2.24, 2.45) is 0 Å². The zero-order chi connectivity index (χ0) is 31.9. The molecular formula is C33H46N2O8. The lowest BCUT2D eigenvalue weighted by Gasteiger charge is -2.25. The van der Waals surface area contributed by atoms with E-state index in [1.54, 1.807) is 41.5 Å². The quantitative estimate of drug-likeness (QED) is 0.107. The van der Waals surface area contributed by atoms with E-state index in [-0.39, 0.29) is 26.3 Å². The minimum absolute atomic E-state index is 0.168. The van der Waals surface area contributed by atoms with Crippen LogP contribution >= 0.6 is 0 Å². The monoisotopic (exact) mass is 598 g/mol. The van der Waals surface area contributed by atoms with Crippen molar-refractivity contribution in [2.45, 2.75) is 98.1 Å². The fraction of sp³-hybridized carbons (Fsp3) is 0.515. The Kier molecular flexibility index (Phi) is 14.3. The number of esters is 2. The van der Waals surface area contributed by atoms with Gasteiger partial charge in [-0.15, -0.1) is 0 Å². The lowest BCUT2D eigenvalue weighted by atomic mass is 10.2. The fourth-order valence-corrected chi connectivity index (χ4v) is 3.84. The number of amides is 2. The highest BCUT2D eigenvalue weighted by Crippen LogP contribution is 2.14. The molecular weight excluding hydrogens is 552 g/mol. The predicted octanol–water partition coefficient (Wildman–Crippen LogP) is 5.54. The summed E-state index contributed by atoms with van der Waals surface area (Å²) in [5.41, 5.74) is 0.352. The van der Waals surface area contributed by atoms with Gasteiger partial charge < -0.3 is 9.47 Å². The van der Waals surface area contributed by atoms with Gasteiger partial charge in [-0.2, -0.15) is 0 Å². The number of hydrogen-bond acceptors (Lipinski definition) is 8. The van der Waals surface area contributed by atoms with Crippen LogP contribution in [0.5, 0.6) is 0 Å². The van der Waals surface area contributed by atoms with Crippen LogP contribution in [0.15, 0.2) is 60.7 Å². The number of unbranched alkanes of at least 4 members (excludes halogenated alkanes) is 2. The summed E-state index contributed by atoms with van der Waals surface area (Å²) in [7, 11) is 0. The van der Waals surface area contributed by atoms with Gasteiger partial charge in [0.2, 0.25) is 0 Å². The van der Waals surface area contributed by atoms with Crippen molar-refractivity contribution in [1.82, 2.24) is 10.1 Å². The van der Waals surface area contributed by atoms with Gasteiger partial charge in [-0.1, -0.05) is 60.7 Å². The molecule has 2 aromatic carbocycles. The maximum absolute atomic E-state index is 12.9. The van der Waals surface area contributed by atoms with E-state index < -0.39 is 47.8 Å². The summed E-state index contributed by atoms with van der Waals surface area (Å²) in [6.45, 7) is 11.3. The predicted molar refractivity (Wildman–Crippen MR) is 161 cm³/mol.